The predicted molar refractivity (Wildman–Crippen MR) is 126 cm³/mol. The molecule has 2 N–H and O–H groups in total. The van der Waals surface area contributed by atoms with E-state index in [1.54, 1.807) is 31.3 Å². The monoisotopic (exact) mass is 433 g/mol. The number of carbonyl (C=O) groups excluding carboxylic acids is 2. The van der Waals surface area contributed by atoms with Crippen molar-refractivity contribution >= 4 is 17.8 Å². The first kappa shape index (κ1) is 22.0. The second-order valence-electron chi connectivity index (χ2n) is 8.31. The lowest BCUT2D eigenvalue weighted by Gasteiger charge is -2.26. The van der Waals surface area contributed by atoms with Crippen LogP contribution in [0.15, 0.2) is 53.5 Å². The van der Waals surface area contributed by atoms with Gasteiger partial charge in [0.1, 0.15) is 0 Å². The Morgan fingerprint density at radius 2 is 1.50 bits per heavy atom. The summed E-state index contributed by atoms with van der Waals surface area (Å²) in [5, 5.41) is 6.48. The Kier molecular flexibility index (Phi) is 7.17. The van der Waals surface area contributed by atoms with Gasteiger partial charge in [0.2, 0.25) is 0 Å². The van der Waals surface area contributed by atoms with E-state index < -0.39 is 0 Å². The first-order valence-electron chi connectivity index (χ1n) is 11.4. The highest BCUT2D eigenvalue weighted by molar-refractivity contribution is 6.21. The van der Waals surface area contributed by atoms with Crippen molar-refractivity contribution in [2.75, 3.05) is 33.2 Å². The number of imide groups is 1. The lowest BCUT2D eigenvalue weighted by molar-refractivity contribution is 0.0657. The molecule has 2 amide bonds. The number of nitrogens with zero attached hydrogens (tertiary/aromatic N) is 3. The van der Waals surface area contributed by atoms with Gasteiger partial charge in [0.05, 0.1) is 11.1 Å². The fraction of sp³-hybridized carbons (Fsp3) is 0.400. The van der Waals surface area contributed by atoms with E-state index in [0.29, 0.717) is 30.2 Å². The highest BCUT2D eigenvalue weighted by atomic mass is 16.2. The molecule has 0 atom stereocenters. The van der Waals surface area contributed by atoms with E-state index >= 15 is 0 Å². The van der Waals surface area contributed by atoms with Crippen molar-refractivity contribution < 1.29 is 9.59 Å². The number of guanidine groups is 1. The fourth-order valence-electron chi connectivity index (χ4n) is 4.27. The SMILES string of the molecule is CN=C(NCCN1C(=O)c2ccccc2C1=O)NCc1ccc(CN2CCCCC2)cc1. The van der Waals surface area contributed by atoms with Crippen LogP contribution in [0.5, 0.6) is 0 Å². The Balaban J connectivity index is 1.21. The maximum absolute atomic E-state index is 12.4. The number of nitrogens with one attached hydrogen (secondary N) is 2. The molecule has 2 aromatic rings. The molecule has 2 aliphatic rings. The molecule has 32 heavy (non-hydrogen) atoms. The summed E-state index contributed by atoms with van der Waals surface area (Å²) in [5.41, 5.74) is 3.47. The highest BCUT2D eigenvalue weighted by Crippen LogP contribution is 2.21. The Hall–Kier alpha value is -3.19. The summed E-state index contributed by atoms with van der Waals surface area (Å²) in [5.74, 6) is 0.166. The number of aliphatic imine (C=N–C) groups is 1. The number of benzene rings is 2. The number of hydrogen-bond donors (Lipinski definition) is 2. The van der Waals surface area contributed by atoms with Gasteiger partial charge in [-0.25, -0.2) is 0 Å². The van der Waals surface area contributed by atoms with Crippen molar-refractivity contribution in [2.24, 2.45) is 4.99 Å². The zero-order valence-electron chi connectivity index (χ0n) is 18.6. The van der Waals surface area contributed by atoms with E-state index in [1.807, 2.05) is 0 Å². The van der Waals surface area contributed by atoms with Crippen LogP contribution in [0.3, 0.4) is 0 Å². The lowest BCUT2D eigenvalue weighted by Crippen LogP contribution is -2.42. The lowest BCUT2D eigenvalue weighted by atomic mass is 10.1. The van der Waals surface area contributed by atoms with Gasteiger partial charge >= 0.3 is 0 Å². The van der Waals surface area contributed by atoms with Crippen LogP contribution >= 0.6 is 0 Å². The first-order valence-corrected chi connectivity index (χ1v) is 11.4. The highest BCUT2D eigenvalue weighted by Gasteiger charge is 2.34. The molecule has 2 aliphatic heterocycles. The van der Waals surface area contributed by atoms with Gasteiger partial charge in [0.25, 0.3) is 11.8 Å². The largest absolute Gasteiger partial charge is 0.355 e. The molecule has 4 rings (SSSR count). The predicted octanol–water partition coefficient (Wildman–Crippen LogP) is 2.63. The minimum atomic E-state index is -0.236. The van der Waals surface area contributed by atoms with E-state index in [1.165, 1.54) is 48.4 Å². The van der Waals surface area contributed by atoms with Gasteiger partial charge in [0.15, 0.2) is 5.96 Å². The number of fused-ring (bicyclic) bond motifs is 1. The number of amides is 2. The molecule has 0 saturated carbocycles. The molecule has 7 nitrogen and oxygen atoms in total. The number of likely N-dealkylation sites (tertiary alicyclic amines) is 1. The van der Waals surface area contributed by atoms with E-state index in [9.17, 15) is 9.59 Å². The molecule has 1 saturated heterocycles. The number of rotatable bonds is 7. The normalized spacial score (nSPS) is 16.9. The van der Waals surface area contributed by atoms with Gasteiger partial charge in [-0.2, -0.15) is 0 Å². The Bertz CT molecular complexity index is 945. The maximum Gasteiger partial charge on any atom is 0.261 e. The average molecular weight is 434 g/mol. The summed E-state index contributed by atoms with van der Waals surface area (Å²) in [4.78, 5) is 32.9. The summed E-state index contributed by atoms with van der Waals surface area (Å²) >= 11 is 0. The summed E-state index contributed by atoms with van der Waals surface area (Å²) in [7, 11) is 1.71. The number of hydrogen-bond acceptors (Lipinski definition) is 4. The van der Waals surface area contributed by atoms with Crippen LogP contribution in [-0.2, 0) is 13.1 Å². The molecule has 0 unspecified atom stereocenters. The van der Waals surface area contributed by atoms with Crippen molar-refractivity contribution in [2.45, 2.75) is 32.4 Å². The van der Waals surface area contributed by atoms with Gasteiger partial charge in [-0.3, -0.25) is 24.4 Å². The van der Waals surface area contributed by atoms with E-state index in [0.717, 1.165) is 6.54 Å². The molecule has 0 bridgehead atoms. The average Bonchev–Trinajstić information content (AvgIpc) is 3.08. The Morgan fingerprint density at radius 3 is 2.12 bits per heavy atom. The van der Waals surface area contributed by atoms with Gasteiger partial charge in [0, 0.05) is 33.2 Å². The molecular weight excluding hydrogens is 402 g/mol. The van der Waals surface area contributed by atoms with Gasteiger partial charge in [-0.05, 0) is 49.2 Å². The second kappa shape index (κ2) is 10.4. The van der Waals surface area contributed by atoms with Gasteiger partial charge in [-0.15, -0.1) is 0 Å². The van der Waals surface area contributed by atoms with Crippen LogP contribution in [0.4, 0.5) is 0 Å². The van der Waals surface area contributed by atoms with Crippen LogP contribution in [-0.4, -0.2) is 60.8 Å². The first-order chi connectivity index (χ1) is 15.7. The number of piperidine rings is 1. The number of carbonyl (C=O) groups is 2. The summed E-state index contributed by atoms with van der Waals surface area (Å²) in [6.07, 6.45) is 3.97. The molecule has 0 aliphatic carbocycles. The summed E-state index contributed by atoms with van der Waals surface area (Å²) in [6, 6.07) is 15.6. The third-order valence-corrected chi connectivity index (χ3v) is 6.07. The second-order valence-corrected chi connectivity index (χ2v) is 8.31. The zero-order chi connectivity index (χ0) is 22.3. The van der Waals surface area contributed by atoms with Crippen molar-refractivity contribution in [1.82, 2.24) is 20.4 Å². The fourth-order valence-corrected chi connectivity index (χ4v) is 4.27. The van der Waals surface area contributed by atoms with Crippen molar-refractivity contribution in [1.29, 1.82) is 0 Å². The molecule has 168 valence electrons. The minimum absolute atomic E-state index is 0.236. The van der Waals surface area contributed by atoms with Crippen LogP contribution in [0, 0.1) is 0 Å². The molecule has 0 spiro atoms. The molecule has 2 aromatic carbocycles. The van der Waals surface area contributed by atoms with Gasteiger partial charge in [-0.1, -0.05) is 42.8 Å². The molecular formula is C25H31N5O2. The summed E-state index contributed by atoms with van der Waals surface area (Å²) in [6.45, 7) is 4.79. The topological polar surface area (TPSA) is 77.0 Å². The summed E-state index contributed by atoms with van der Waals surface area (Å²) < 4.78 is 0. The minimum Gasteiger partial charge on any atom is -0.355 e. The molecule has 2 heterocycles. The Morgan fingerprint density at radius 1 is 0.875 bits per heavy atom. The van der Waals surface area contributed by atoms with Crippen molar-refractivity contribution in [3.63, 3.8) is 0 Å². The van der Waals surface area contributed by atoms with E-state index in [-0.39, 0.29) is 18.4 Å². The van der Waals surface area contributed by atoms with Crippen LogP contribution in [0.25, 0.3) is 0 Å². The third kappa shape index (κ3) is 5.16. The van der Waals surface area contributed by atoms with Crippen molar-refractivity contribution in [3.8, 4) is 0 Å². The van der Waals surface area contributed by atoms with Gasteiger partial charge < -0.3 is 10.6 Å². The standard InChI is InChI=1S/C25H31N5O2/c1-26-25(27-13-16-30-23(31)21-7-3-4-8-22(21)24(30)32)28-17-19-9-11-20(12-10-19)18-29-14-5-2-6-15-29/h3-4,7-12H,2,5-6,13-18H2,1H3,(H2,26,27,28). The molecule has 0 aromatic heterocycles. The molecule has 0 radical (unpaired) electrons. The smallest absolute Gasteiger partial charge is 0.261 e. The zero-order valence-corrected chi connectivity index (χ0v) is 18.6. The van der Waals surface area contributed by atoms with Crippen LogP contribution in [0.2, 0.25) is 0 Å². The third-order valence-electron chi connectivity index (χ3n) is 6.07. The Labute approximate surface area is 189 Å². The van der Waals surface area contributed by atoms with Crippen molar-refractivity contribution in [3.05, 3.63) is 70.8 Å². The quantitative estimate of drug-likeness (QED) is 0.399. The van der Waals surface area contributed by atoms with E-state index in [4.69, 9.17) is 0 Å². The van der Waals surface area contributed by atoms with E-state index in [2.05, 4.69) is 44.8 Å². The maximum atomic E-state index is 12.4. The van der Waals surface area contributed by atoms with Crippen LogP contribution in [0.1, 0.15) is 51.1 Å². The molecule has 1 fully saturated rings. The molecule has 7 heteroatoms. The van der Waals surface area contributed by atoms with Crippen LogP contribution < -0.4 is 10.6 Å².